The Hall–Kier alpha value is -0.970. The molecule has 0 radical (unpaired) electrons. The van der Waals surface area contributed by atoms with Gasteiger partial charge in [-0.3, -0.25) is 0 Å². The number of alkyl halides is 3. The van der Waals surface area contributed by atoms with Crippen LogP contribution in [0, 0.1) is 5.92 Å². The fourth-order valence-corrected chi connectivity index (χ4v) is 1.97. The van der Waals surface area contributed by atoms with E-state index in [4.69, 9.17) is 4.74 Å². The summed E-state index contributed by atoms with van der Waals surface area (Å²) >= 11 is 0. The van der Waals surface area contributed by atoms with Crippen LogP contribution in [0.5, 0.6) is 0 Å². The van der Waals surface area contributed by atoms with Crippen LogP contribution in [0.4, 0.5) is 13.2 Å². The molecule has 2 nitrogen and oxygen atoms in total. The molecule has 0 heterocycles. The highest BCUT2D eigenvalue weighted by Crippen LogP contribution is 2.35. The van der Waals surface area contributed by atoms with Crippen molar-refractivity contribution in [3.63, 3.8) is 0 Å². The third-order valence-electron chi connectivity index (χ3n) is 3.06. The van der Waals surface area contributed by atoms with Crippen LogP contribution in [-0.4, -0.2) is 38.8 Å². The van der Waals surface area contributed by atoms with Crippen molar-refractivity contribution in [2.24, 2.45) is 5.92 Å². The summed E-state index contributed by atoms with van der Waals surface area (Å²) < 4.78 is 43.5. The van der Waals surface area contributed by atoms with Crippen LogP contribution in [-0.2, 0) is 4.74 Å². The van der Waals surface area contributed by atoms with Gasteiger partial charge in [0.05, 0.1) is 7.11 Å². The first-order valence-corrected chi connectivity index (χ1v) is 5.99. The SMILES string of the molecule is COC1=CC[C@H](CCN(C)C)CC(C(F)(F)F)=C1. The Balaban J connectivity index is 2.77. The zero-order chi connectivity index (χ0) is 13.8. The summed E-state index contributed by atoms with van der Waals surface area (Å²) in [4.78, 5) is 1.99. The molecular formula is C13H20F3NO. The summed E-state index contributed by atoms with van der Waals surface area (Å²) in [5.41, 5.74) is -0.489. The Bertz CT molecular complexity index is 332. The number of methoxy groups -OCH3 is 1. The molecule has 0 bridgehead atoms. The zero-order valence-electron chi connectivity index (χ0n) is 11.0. The number of allylic oxidation sites excluding steroid dienone is 3. The molecule has 0 spiro atoms. The van der Waals surface area contributed by atoms with Gasteiger partial charge in [0.15, 0.2) is 0 Å². The minimum Gasteiger partial charge on any atom is -0.497 e. The van der Waals surface area contributed by atoms with Gasteiger partial charge in [-0.15, -0.1) is 0 Å². The van der Waals surface area contributed by atoms with Gasteiger partial charge in [0, 0.05) is 5.57 Å². The molecule has 104 valence electrons. The van der Waals surface area contributed by atoms with E-state index in [9.17, 15) is 13.2 Å². The molecular weight excluding hydrogens is 243 g/mol. The summed E-state index contributed by atoms with van der Waals surface area (Å²) in [7, 11) is 5.25. The number of rotatable bonds is 4. The molecule has 1 atom stereocenters. The van der Waals surface area contributed by atoms with Crippen molar-refractivity contribution in [3.05, 3.63) is 23.5 Å². The Morgan fingerprint density at radius 3 is 2.56 bits per heavy atom. The van der Waals surface area contributed by atoms with Crippen LogP contribution in [0.15, 0.2) is 23.5 Å². The summed E-state index contributed by atoms with van der Waals surface area (Å²) in [6.07, 6.45) is 0.0642. The fourth-order valence-electron chi connectivity index (χ4n) is 1.97. The van der Waals surface area contributed by atoms with Gasteiger partial charge in [-0.05, 0) is 58.0 Å². The predicted molar refractivity (Wildman–Crippen MR) is 65.1 cm³/mol. The van der Waals surface area contributed by atoms with E-state index < -0.39 is 11.7 Å². The largest absolute Gasteiger partial charge is 0.497 e. The molecule has 0 amide bonds. The molecule has 0 unspecified atom stereocenters. The molecule has 18 heavy (non-hydrogen) atoms. The van der Waals surface area contributed by atoms with Crippen LogP contribution in [0.25, 0.3) is 0 Å². The Kier molecular flexibility index (Phi) is 5.26. The lowest BCUT2D eigenvalue weighted by Gasteiger charge is -2.19. The van der Waals surface area contributed by atoms with Crippen molar-refractivity contribution in [2.75, 3.05) is 27.7 Å². The molecule has 0 saturated heterocycles. The molecule has 0 aromatic carbocycles. The first-order chi connectivity index (χ1) is 8.32. The monoisotopic (exact) mass is 263 g/mol. The van der Waals surface area contributed by atoms with E-state index in [-0.39, 0.29) is 12.3 Å². The average Bonchev–Trinajstić information content (AvgIpc) is 2.47. The maximum atomic E-state index is 12.8. The lowest BCUT2D eigenvalue weighted by molar-refractivity contribution is -0.0954. The molecule has 0 aromatic rings. The van der Waals surface area contributed by atoms with Crippen LogP contribution >= 0.6 is 0 Å². The number of ether oxygens (including phenoxy) is 1. The number of hydrogen-bond donors (Lipinski definition) is 0. The molecule has 0 aromatic heterocycles. The second-order valence-corrected chi connectivity index (χ2v) is 4.88. The molecule has 1 aliphatic carbocycles. The molecule has 0 N–H and O–H groups in total. The highest BCUT2D eigenvalue weighted by molar-refractivity contribution is 5.25. The molecule has 1 aliphatic rings. The van der Waals surface area contributed by atoms with Crippen LogP contribution < -0.4 is 0 Å². The average molecular weight is 263 g/mol. The minimum atomic E-state index is -4.27. The lowest BCUT2D eigenvalue weighted by Crippen LogP contribution is -2.19. The maximum Gasteiger partial charge on any atom is 0.412 e. The van der Waals surface area contributed by atoms with Crippen LogP contribution in [0.2, 0.25) is 0 Å². The summed E-state index contributed by atoms with van der Waals surface area (Å²) in [6.45, 7) is 0.798. The van der Waals surface area contributed by atoms with E-state index in [0.717, 1.165) is 19.0 Å². The van der Waals surface area contributed by atoms with Gasteiger partial charge >= 0.3 is 6.18 Å². The molecule has 0 fully saturated rings. The standard InChI is InChI=1S/C13H20F3NO/c1-17(2)7-6-10-4-5-12(18-3)9-11(8-10)13(14,15)16/h5,9-10H,4,6-8H2,1-3H3/t10-/m1/s1. The first kappa shape index (κ1) is 15.1. The van der Waals surface area contributed by atoms with Crippen LogP contribution in [0.3, 0.4) is 0 Å². The van der Waals surface area contributed by atoms with Gasteiger partial charge < -0.3 is 9.64 Å². The minimum absolute atomic E-state index is 0.0212. The second-order valence-electron chi connectivity index (χ2n) is 4.88. The Labute approximate surface area is 106 Å². The van der Waals surface area contributed by atoms with Gasteiger partial charge in [0.2, 0.25) is 0 Å². The fraction of sp³-hybridized carbons (Fsp3) is 0.692. The van der Waals surface area contributed by atoms with E-state index in [1.807, 2.05) is 19.0 Å². The van der Waals surface area contributed by atoms with Crippen molar-refractivity contribution in [1.29, 1.82) is 0 Å². The highest BCUT2D eigenvalue weighted by atomic mass is 19.4. The zero-order valence-corrected chi connectivity index (χ0v) is 11.0. The predicted octanol–water partition coefficient (Wildman–Crippen LogP) is 3.37. The molecule has 1 rings (SSSR count). The van der Waals surface area contributed by atoms with Gasteiger partial charge in [-0.2, -0.15) is 13.2 Å². The highest BCUT2D eigenvalue weighted by Gasteiger charge is 2.35. The van der Waals surface area contributed by atoms with Crippen molar-refractivity contribution < 1.29 is 17.9 Å². The van der Waals surface area contributed by atoms with E-state index in [1.165, 1.54) is 7.11 Å². The number of hydrogen-bond acceptors (Lipinski definition) is 2. The third-order valence-corrected chi connectivity index (χ3v) is 3.06. The molecule has 5 heteroatoms. The Morgan fingerprint density at radius 2 is 2.06 bits per heavy atom. The van der Waals surface area contributed by atoms with E-state index >= 15 is 0 Å². The lowest BCUT2D eigenvalue weighted by atomic mass is 9.94. The van der Waals surface area contributed by atoms with E-state index in [2.05, 4.69) is 0 Å². The van der Waals surface area contributed by atoms with E-state index in [0.29, 0.717) is 12.2 Å². The quantitative estimate of drug-likeness (QED) is 0.771. The summed E-state index contributed by atoms with van der Waals surface area (Å²) in [5, 5.41) is 0. The maximum absolute atomic E-state index is 12.8. The van der Waals surface area contributed by atoms with Gasteiger partial charge in [-0.1, -0.05) is 0 Å². The number of halogens is 3. The second kappa shape index (κ2) is 6.27. The van der Waals surface area contributed by atoms with Crippen molar-refractivity contribution >= 4 is 0 Å². The molecule has 0 aliphatic heterocycles. The normalized spacial score (nSPS) is 21.4. The Morgan fingerprint density at radius 1 is 1.39 bits per heavy atom. The summed E-state index contributed by atoms with van der Waals surface area (Å²) in [6, 6.07) is 0. The van der Waals surface area contributed by atoms with Gasteiger partial charge in [0.25, 0.3) is 0 Å². The van der Waals surface area contributed by atoms with Gasteiger partial charge in [0.1, 0.15) is 5.76 Å². The molecule has 0 saturated carbocycles. The van der Waals surface area contributed by atoms with E-state index in [1.54, 1.807) is 6.08 Å². The smallest absolute Gasteiger partial charge is 0.412 e. The van der Waals surface area contributed by atoms with Crippen molar-refractivity contribution in [1.82, 2.24) is 4.90 Å². The van der Waals surface area contributed by atoms with Gasteiger partial charge in [-0.25, -0.2) is 0 Å². The van der Waals surface area contributed by atoms with Crippen molar-refractivity contribution in [2.45, 2.75) is 25.4 Å². The third kappa shape index (κ3) is 4.72. The first-order valence-electron chi connectivity index (χ1n) is 5.99. The topological polar surface area (TPSA) is 12.5 Å². The van der Waals surface area contributed by atoms with Crippen molar-refractivity contribution in [3.8, 4) is 0 Å². The number of nitrogens with zero attached hydrogens (tertiary/aromatic N) is 1. The summed E-state index contributed by atoms with van der Waals surface area (Å²) in [5.74, 6) is 0.336. The van der Waals surface area contributed by atoms with Crippen LogP contribution in [0.1, 0.15) is 19.3 Å².